The smallest absolute Gasteiger partial charge is 0.277 e. The van der Waals surface area contributed by atoms with Crippen molar-refractivity contribution in [2.45, 2.75) is 0 Å². The molecule has 0 heterocycles. The molecule has 0 aliphatic rings. The van der Waals surface area contributed by atoms with Gasteiger partial charge in [0.25, 0.3) is 11.6 Å². The lowest BCUT2D eigenvalue weighted by molar-refractivity contribution is -0.384. The molecule has 0 saturated carbocycles. The largest absolute Gasteiger partial charge is 0.495 e. The van der Waals surface area contributed by atoms with Gasteiger partial charge in [0, 0.05) is 12.1 Å². The van der Waals surface area contributed by atoms with E-state index in [0.717, 1.165) is 0 Å². The summed E-state index contributed by atoms with van der Waals surface area (Å²) in [4.78, 5) is 21.9. The molecular weight excluding hydrogens is 430 g/mol. The van der Waals surface area contributed by atoms with E-state index in [4.69, 9.17) is 21.1 Å². The maximum absolute atomic E-state index is 11.7. The Kier molecular flexibility index (Phi) is 6.93. The standard InChI is InChI=1S/C16H13BrClN3O5/c1-25-15-4-2-10(6-13(15)18)8-19-20-16(22)9-26-14-5-3-11(21(23)24)7-12(14)17/h2-8H,9H2,1H3,(H,20,22)/b19-8-. The lowest BCUT2D eigenvalue weighted by Crippen LogP contribution is -2.24. The Balaban J connectivity index is 1.87. The number of non-ortho nitro benzene ring substituents is 1. The average molecular weight is 443 g/mol. The number of amides is 1. The number of benzene rings is 2. The van der Waals surface area contributed by atoms with Crippen LogP contribution < -0.4 is 14.9 Å². The number of nitro groups is 1. The van der Waals surface area contributed by atoms with Gasteiger partial charge in [-0.25, -0.2) is 5.43 Å². The number of nitro benzene ring substituents is 1. The summed E-state index contributed by atoms with van der Waals surface area (Å²) in [5.74, 6) is 0.345. The van der Waals surface area contributed by atoms with Crippen molar-refractivity contribution in [2.24, 2.45) is 5.10 Å². The molecule has 0 spiro atoms. The van der Waals surface area contributed by atoms with Crippen LogP contribution in [0.4, 0.5) is 5.69 Å². The van der Waals surface area contributed by atoms with E-state index >= 15 is 0 Å². The number of nitrogens with one attached hydrogen (secondary N) is 1. The number of hydrogen-bond acceptors (Lipinski definition) is 6. The second-order valence-electron chi connectivity index (χ2n) is 4.85. The summed E-state index contributed by atoms with van der Waals surface area (Å²) in [7, 11) is 1.51. The highest BCUT2D eigenvalue weighted by molar-refractivity contribution is 9.10. The second-order valence-corrected chi connectivity index (χ2v) is 6.11. The summed E-state index contributed by atoms with van der Waals surface area (Å²) in [6.45, 7) is -0.308. The van der Waals surface area contributed by atoms with Crippen LogP contribution in [0.25, 0.3) is 0 Å². The first-order valence-electron chi connectivity index (χ1n) is 7.13. The molecule has 2 aromatic carbocycles. The number of hydrogen-bond donors (Lipinski definition) is 1. The third-order valence-electron chi connectivity index (χ3n) is 3.06. The zero-order chi connectivity index (χ0) is 19.1. The third-order valence-corrected chi connectivity index (χ3v) is 3.98. The minimum atomic E-state index is -0.526. The minimum Gasteiger partial charge on any atom is -0.495 e. The number of carbonyl (C=O) groups excluding carboxylic acids is 1. The topological polar surface area (TPSA) is 103 Å². The molecule has 0 aromatic heterocycles. The minimum absolute atomic E-state index is 0.0866. The number of ether oxygens (including phenoxy) is 2. The number of hydrazone groups is 1. The van der Waals surface area contributed by atoms with Crippen molar-refractivity contribution in [1.29, 1.82) is 0 Å². The van der Waals surface area contributed by atoms with Crippen molar-refractivity contribution in [3.63, 3.8) is 0 Å². The first kappa shape index (κ1) is 19.7. The number of methoxy groups -OCH3 is 1. The highest BCUT2D eigenvalue weighted by atomic mass is 79.9. The van der Waals surface area contributed by atoms with Crippen LogP contribution in [-0.4, -0.2) is 30.8 Å². The Labute approximate surface area is 162 Å². The molecule has 136 valence electrons. The summed E-state index contributed by atoms with van der Waals surface area (Å²) in [5, 5.41) is 14.9. The van der Waals surface area contributed by atoms with Crippen LogP contribution in [0.1, 0.15) is 5.56 Å². The number of nitrogens with zero attached hydrogens (tertiary/aromatic N) is 2. The highest BCUT2D eigenvalue weighted by Gasteiger charge is 2.11. The van der Waals surface area contributed by atoms with Crippen molar-refractivity contribution in [1.82, 2.24) is 5.43 Å². The van der Waals surface area contributed by atoms with Gasteiger partial charge in [-0.15, -0.1) is 0 Å². The Morgan fingerprint density at radius 2 is 2.08 bits per heavy atom. The second kappa shape index (κ2) is 9.16. The van der Waals surface area contributed by atoms with Crippen LogP contribution in [0.2, 0.25) is 5.02 Å². The zero-order valence-corrected chi connectivity index (χ0v) is 15.8. The fourth-order valence-corrected chi connectivity index (χ4v) is 2.58. The van der Waals surface area contributed by atoms with Crippen molar-refractivity contribution in [2.75, 3.05) is 13.7 Å². The molecule has 0 aliphatic carbocycles. The number of rotatable bonds is 7. The lowest BCUT2D eigenvalue weighted by Gasteiger charge is -2.07. The van der Waals surface area contributed by atoms with Crippen LogP contribution in [0.5, 0.6) is 11.5 Å². The molecule has 1 N–H and O–H groups in total. The molecule has 10 heteroatoms. The van der Waals surface area contributed by atoms with Crippen molar-refractivity contribution >= 4 is 45.3 Å². The normalized spacial score (nSPS) is 10.6. The molecule has 8 nitrogen and oxygen atoms in total. The Morgan fingerprint density at radius 1 is 1.35 bits per heavy atom. The van der Waals surface area contributed by atoms with Gasteiger partial charge in [-0.05, 0) is 45.8 Å². The third kappa shape index (κ3) is 5.43. The molecule has 2 rings (SSSR count). The summed E-state index contributed by atoms with van der Waals surface area (Å²) in [5.41, 5.74) is 2.90. The van der Waals surface area contributed by atoms with E-state index in [0.29, 0.717) is 26.6 Å². The Bertz CT molecular complexity index is 860. The van der Waals surface area contributed by atoms with E-state index in [2.05, 4.69) is 26.5 Å². The van der Waals surface area contributed by atoms with Gasteiger partial charge < -0.3 is 9.47 Å². The molecule has 0 radical (unpaired) electrons. The van der Waals surface area contributed by atoms with Gasteiger partial charge >= 0.3 is 0 Å². The first-order valence-corrected chi connectivity index (χ1v) is 8.30. The molecule has 0 bridgehead atoms. The predicted octanol–water partition coefficient (Wildman–Crippen LogP) is 3.55. The number of halogens is 2. The van der Waals surface area contributed by atoms with E-state index in [1.165, 1.54) is 31.5 Å². The van der Waals surface area contributed by atoms with Crippen LogP contribution >= 0.6 is 27.5 Å². The molecule has 0 saturated heterocycles. The monoisotopic (exact) mass is 441 g/mol. The van der Waals surface area contributed by atoms with Gasteiger partial charge in [-0.2, -0.15) is 5.10 Å². The Morgan fingerprint density at radius 3 is 2.69 bits per heavy atom. The fourth-order valence-electron chi connectivity index (χ4n) is 1.84. The summed E-state index contributed by atoms with van der Waals surface area (Å²) in [6, 6.07) is 9.02. The van der Waals surface area contributed by atoms with E-state index in [9.17, 15) is 14.9 Å². The summed E-state index contributed by atoms with van der Waals surface area (Å²) >= 11 is 9.15. The van der Waals surface area contributed by atoms with Crippen LogP contribution in [0, 0.1) is 10.1 Å². The van der Waals surface area contributed by atoms with Crippen LogP contribution in [0.3, 0.4) is 0 Å². The quantitative estimate of drug-likeness (QED) is 0.401. The van der Waals surface area contributed by atoms with Crippen molar-refractivity contribution < 1.29 is 19.2 Å². The van der Waals surface area contributed by atoms with Gasteiger partial charge in [0.05, 0.1) is 27.7 Å². The van der Waals surface area contributed by atoms with Gasteiger partial charge in [0.15, 0.2) is 6.61 Å². The van der Waals surface area contributed by atoms with Gasteiger partial charge in [-0.3, -0.25) is 14.9 Å². The summed E-state index contributed by atoms with van der Waals surface area (Å²) < 4.78 is 10.7. The molecular formula is C16H13BrClN3O5. The molecule has 1 amide bonds. The van der Waals surface area contributed by atoms with Crippen molar-refractivity contribution in [3.05, 3.63) is 61.6 Å². The van der Waals surface area contributed by atoms with E-state index < -0.39 is 10.8 Å². The van der Waals surface area contributed by atoms with E-state index in [1.54, 1.807) is 18.2 Å². The van der Waals surface area contributed by atoms with Gasteiger partial charge in [0.2, 0.25) is 0 Å². The Hall–Kier alpha value is -2.65. The molecule has 0 fully saturated rings. The molecule has 0 atom stereocenters. The average Bonchev–Trinajstić information content (AvgIpc) is 2.60. The molecule has 0 unspecified atom stereocenters. The molecule has 26 heavy (non-hydrogen) atoms. The first-order chi connectivity index (χ1) is 12.4. The highest BCUT2D eigenvalue weighted by Crippen LogP contribution is 2.29. The predicted molar refractivity (Wildman–Crippen MR) is 100 cm³/mol. The fraction of sp³-hybridized carbons (Fsp3) is 0.125. The van der Waals surface area contributed by atoms with E-state index in [-0.39, 0.29) is 12.3 Å². The SMILES string of the molecule is COc1ccc(/C=N\NC(=O)COc2ccc([N+](=O)[O-])cc2Br)cc1Cl. The lowest BCUT2D eigenvalue weighted by atomic mass is 10.2. The molecule has 0 aliphatic heterocycles. The maximum Gasteiger partial charge on any atom is 0.277 e. The van der Waals surface area contributed by atoms with Crippen molar-refractivity contribution in [3.8, 4) is 11.5 Å². The number of carbonyl (C=O) groups is 1. The van der Waals surface area contributed by atoms with Crippen LogP contribution in [-0.2, 0) is 4.79 Å². The van der Waals surface area contributed by atoms with E-state index in [1.807, 2.05) is 0 Å². The van der Waals surface area contributed by atoms with Gasteiger partial charge in [-0.1, -0.05) is 11.6 Å². The molecule has 2 aromatic rings. The maximum atomic E-state index is 11.7. The zero-order valence-electron chi connectivity index (χ0n) is 13.4. The van der Waals surface area contributed by atoms with Gasteiger partial charge in [0.1, 0.15) is 11.5 Å². The van der Waals surface area contributed by atoms with Crippen LogP contribution in [0.15, 0.2) is 46.0 Å². The summed E-state index contributed by atoms with van der Waals surface area (Å²) in [6.07, 6.45) is 1.42.